The van der Waals surface area contributed by atoms with Crippen molar-refractivity contribution in [2.45, 2.75) is 0 Å². The summed E-state index contributed by atoms with van der Waals surface area (Å²) in [5.74, 6) is 1.72. The van der Waals surface area contributed by atoms with Gasteiger partial charge in [-0.15, -0.1) is 0 Å². The van der Waals surface area contributed by atoms with Gasteiger partial charge >= 0.3 is 0 Å². The van der Waals surface area contributed by atoms with E-state index in [1.807, 2.05) is 109 Å². The van der Waals surface area contributed by atoms with E-state index in [0.717, 1.165) is 88.4 Å². The Kier molecular flexibility index (Phi) is 7.76. The van der Waals surface area contributed by atoms with Crippen LogP contribution in [0.4, 0.5) is 0 Å². The molecule has 0 fully saturated rings. The largest absolute Gasteiger partial charge is 0.456 e. The molecule has 0 radical (unpaired) electrons. The molecule has 270 valence electrons. The summed E-state index contributed by atoms with van der Waals surface area (Å²) in [5, 5.41) is 14.4. The topological polar surface area (TPSA) is 80.5 Å². The van der Waals surface area contributed by atoms with Crippen molar-refractivity contribution in [1.82, 2.24) is 19.5 Å². The Morgan fingerprint density at radius 1 is 0.414 bits per heavy atom. The van der Waals surface area contributed by atoms with Crippen molar-refractivity contribution in [3.8, 4) is 68.2 Å². The molecular weight excluding hydrogens is 711 g/mol. The number of fused-ring (bicyclic) bond motifs is 6. The molecule has 0 amide bonds. The lowest BCUT2D eigenvalue weighted by Gasteiger charge is -2.17. The summed E-state index contributed by atoms with van der Waals surface area (Å²) in [6, 6.07) is 66.2. The smallest absolute Gasteiger partial charge is 0.166 e. The lowest BCUT2D eigenvalue weighted by Crippen LogP contribution is -2.04. The molecule has 0 N–H and O–H groups in total. The third-order valence-electron chi connectivity index (χ3n) is 10.9. The van der Waals surface area contributed by atoms with Crippen LogP contribution in [-0.2, 0) is 0 Å². The summed E-state index contributed by atoms with van der Waals surface area (Å²) >= 11 is 0. The highest BCUT2D eigenvalue weighted by molar-refractivity contribution is 6.13. The first-order chi connectivity index (χ1) is 28.7. The van der Waals surface area contributed by atoms with E-state index < -0.39 is 0 Å². The second kappa shape index (κ2) is 13.6. The van der Waals surface area contributed by atoms with Gasteiger partial charge in [0.1, 0.15) is 11.2 Å². The van der Waals surface area contributed by atoms with Gasteiger partial charge in [-0.3, -0.25) is 0 Å². The zero-order valence-electron chi connectivity index (χ0n) is 31.0. The molecule has 0 atom stereocenters. The van der Waals surface area contributed by atoms with Crippen molar-refractivity contribution in [2.75, 3.05) is 0 Å². The second-order valence-corrected chi connectivity index (χ2v) is 14.3. The molecule has 0 aliphatic carbocycles. The summed E-state index contributed by atoms with van der Waals surface area (Å²) in [4.78, 5) is 15.6. The normalized spacial score (nSPS) is 11.4. The highest BCUT2D eigenvalue weighted by atomic mass is 16.3. The Morgan fingerprint density at radius 2 is 1.00 bits per heavy atom. The molecule has 0 spiro atoms. The van der Waals surface area contributed by atoms with Crippen LogP contribution in [0.15, 0.2) is 192 Å². The van der Waals surface area contributed by atoms with Gasteiger partial charge in [0.2, 0.25) is 0 Å². The Morgan fingerprint density at radius 3 is 1.78 bits per heavy atom. The maximum absolute atomic E-state index is 10.1. The predicted molar refractivity (Wildman–Crippen MR) is 233 cm³/mol. The zero-order chi connectivity index (χ0) is 38.6. The molecule has 3 aromatic heterocycles. The van der Waals surface area contributed by atoms with E-state index in [1.54, 1.807) is 0 Å². The lowest BCUT2D eigenvalue weighted by molar-refractivity contribution is 0.669. The first kappa shape index (κ1) is 33.2. The minimum absolute atomic E-state index is 0.547. The molecule has 8 aromatic carbocycles. The molecule has 0 saturated heterocycles. The quantitative estimate of drug-likeness (QED) is 0.169. The highest BCUT2D eigenvalue weighted by Crippen LogP contribution is 2.42. The Bertz CT molecular complexity index is 3360. The number of hydrogen-bond acceptors (Lipinski definition) is 5. The van der Waals surface area contributed by atoms with E-state index in [0.29, 0.717) is 23.0 Å². The molecule has 0 aliphatic heterocycles. The molecule has 0 saturated carbocycles. The van der Waals surface area contributed by atoms with Crippen LogP contribution in [0, 0.1) is 11.3 Å². The van der Waals surface area contributed by atoms with Crippen molar-refractivity contribution in [2.24, 2.45) is 0 Å². The van der Waals surface area contributed by atoms with Gasteiger partial charge in [0.05, 0.1) is 28.4 Å². The van der Waals surface area contributed by atoms with Crippen molar-refractivity contribution in [1.29, 1.82) is 5.26 Å². The first-order valence-corrected chi connectivity index (χ1v) is 19.2. The van der Waals surface area contributed by atoms with Crippen LogP contribution in [0.3, 0.4) is 0 Å². The Hall–Kier alpha value is -8.14. The standard InChI is InChI=1S/C52H31N5O/c53-32-37-18-7-8-19-38(37)36-26-28-41-40-20-9-11-23-44(40)57(46(41)31-36)45-29-27-35(39-22-13-25-48-49(39)42-21-10-12-24-47(42)58-48)30-43(45)52-55-50(33-14-3-1-4-15-33)54-51(56-52)34-16-5-2-6-17-34/h1-31H. The average Bonchev–Trinajstić information content (AvgIpc) is 3.85. The van der Waals surface area contributed by atoms with E-state index in [-0.39, 0.29) is 0 Å². The van der Waals surface area contributed by atoms with Crippen LogP contribution in [0.5, 0.6) is 0 Å². The number of para-hydroxylation sites is 2. The minimum Gasteiger partial charge on any atom is -0.456 e. The van der Waals surface area contributed by atoms with Gasteiger partial charge in [-0.2, -0.15) is 5.26 Å². The molecule has 11 rings (SSSR count). The number of benzene rings is 8. The van der Waals surface area contributed by atoms with Crippen LogP contribution in [-0.4, -0.2) is 19.5 Å². The number of nitriles is 1. The fourth-order valence-corrected chi connectivity index (χ4v) is 8.25. The van der Waals surface area contributed by atoms with Gasteiger partial charge in [-0.05, 0) is 64.7 Å². The number of rotatable bonds is 6. The summed E-state index contributed by atoms with van der Waals surface area (Å²) < 4.78 is 8.65. The van der Waals surface area contributed by atoms with Crippen molar-refractivity contribution >= 4 is 43.7 Å². The Labute approximate surface area is 333 Å². The number of nitrogens with zero attached hydrogens (tertiary/aromatic N) is 5. The van der Waals surface area contributed by atoms with Crippen LogP contribution >= 0.6 is 0 Å². The first-order valence-electron chi connectivity index (χ1n) is 19.2. The van der Waals surface area contributed by atoms with E-state index in [1.165, 1.54) is 0 Å². The molecule has 6 heteroatoms. The van der Waals surface area contributed by atoms with Crippen molar-refractivity contribution < 1.29 is 4.42 Å². The fraction of sp³-hybridized carbons (Fsp3) is 0. The van der Waals surface area contributed by atoms with Gasteiger partial charge in [-0.25, -0.2) is 15.0 Å². The molecule has 0 unspecified atom stereocenters. The molecule has 0 bridgehead atoms. The van der Waals surface area contributed by atoms with Crippen LogP contribution in [0.25, 0.3) is 106 Å². The monoisotopic (exact) mass is 741 g/mol. The zero-order valence-corrected chi connectivity index (χ0v) is 31.0. The molecule has 3 heterocycles. The Balaban J connectivity index is 1.24. The maximum Gasteiger partial charge on any atom is 0.166 e. The molecule has 6 nitrogen and oxygen atoms in total. The molecule has 0 aliphatic rings. The highest BCUT2D eigenvalue weighted by Gasteiger charge is 2.22. The molecule has 11 aromatic rings. The number of furan rings is 1. The molecule has 58 heavy (non-hydrogen) atoms. The lowest BCUT2D eigenvalue weighted by atomic mass is 9.96. The predicted octanol–water partition coefficient (Wildman–Crippen LogP) is 13.1. The number of hydrogen-bond donors (Lipinski definition) is 0. The summed E-state index contributed by atoms with van der Waals surface area (Å²) in [6.45, 7) is 0. The summed E-state index contributed by atoms with van der Waals surface area (Å²) in [5.41, 5.74) is 11.8. The van der Waals surface area contributed by atoms with E-state index >= 15 is 0 Å². The van der Waals surface area contributed by atoms with Gasteiger partial charge in [0.25, 0.3) is 0 Å². The van der Waals surface area contributed by atoms with E-state index in [2.05, 4.69) is 89.5 Å². The summed E-state index contributed by atoms with van der Waals surface area (Å²) in [6.07, 6.45) is 0. The van der Waals surface area contributed by atoms with Gasteiger partial charge < -0.3 is 8.98 Å². The van der Waals surface area contributed by atoms with Gasteiger partial charge in [-0.1, -0.05) is 146 Å². The minimum atomic E-state index is 0.547. The van der Waals surface area contributed by atoms with Crippen molar-refractivity contribution in [3.63, 3.8) is 0 Å². The third kappa shape index (κ3) is 5.45. The van der Waals surface area contributed by atoms with Crippen LogP contribution in [0.1, 0.15) is 5.56 Å². The van der Waals surface area contributed by atoms with Gasteiger partial charge in [0, 0.05) is 38.2 Å². The summed E-state index contributed by atoms with van der Waals surface area (Å²) in [7, 11) is 0. The van der Waals surface area contributed by atoms with Crippen LogP contribution in [0.2, 0.25) is 0 Å². The second-order valence-electron chi connectivity index (χ2n) is 14.3. The molecular formula is C52H31N5O. The van der Waals surface area contributed by atoms with Crippen molar-refractivity contribution in [3.05, 3.63) is 194 Å². The van der Waals surface area contributed by atoms with Crippen LogP contribution < -0.4 is 0 Å². The fourth-order valence-electron chi connectivity index (χ4n) is 8.25. The SMILES string of the molecule is N#Cc1ccccc1-c1ccc2c3ccccc3n(-c3ccc(-c4cccc5oc6ccccc6c45)cc3-c3nc(-c4ccccc4)nc(-c4ccccc4)n3)c2c1. The maximum atomic E-state index is 10.1. The van der Waals surface area contributed by atoms with E-state index in [4.69, 9.17) is 19.4 Å². The van der Waals surface area contributed by atoms with Gasteiger partial charge in [0.15, 0.2) is 17.5 Å². The average molecular weight is 742 g/mol. The van der Waals surface area contributed by atoms with E-state index in [9.17, 15) is 5.26 Å². The third-order valence-corrected chi connectivity index (χ3v) is 10.9. The number of aromatic nitrogens is 4.